The Kier molecular flexibility index (Phi) is 2.07. The van der Waals surface area contributed by atoms with E-state index in [0.717, 1.165) is 48.0 Å². The molecule has 9 atom stereocenters. The molecule has 0 spiro atoms. The van der Waals surface area contributed by atoms with E-state index in [9.17, 15) is 0 Å². The van der Waals surface area contributed by atoms with E-state index in [1.54, 1.807) is 0 Å². The molecule has 4 fully saturated rings. The van der Waals surface area contributed by atoms with Gasteiger partial charge in [-0.15, -0.1) is 0 Å². The predicted molar refractivity (Wildman–Crippen MR) is 74.9 cm³/mol. The smallest absolute Gasteiger partial charge is 0.00121 e. The second-order valence-electron chi connectivity index (χ2n) is 8.33. The zero-order chi connectivity index (χ0) is 12.9. The van der Waals surface area contributed by atoms with Crippen LogP contribution in [0, 0.1) is 52.3 Å². The van der Waals surface area contributed by atoms with Crippen LogP contribution in [-0.2, 0) is 0 Å². The molecule has 1 heteroatoms. The predicted octanol–water partition coefficient (Wildman–Crippen LogP) is 3.54. The first-order valence-electron chi connectivity index (χ1n) is 8.23. The summed E-state index contributed by atoms with van der Waals surface area (Å²) in [7, 11) is 0. The summed E-state index contributed by atoms with van der Waals surface area (Å²) in [4.78, 5) is 0. The molecular formula is C17H29N. The summed E-state index contributed by atoms with van der Waals surface area (Å²) in [6.45, 7) is 10.9. The van der Waals surface area contributed by atoms with Gasteiger partial charge in [0.15, 0.2) is 0 Å². The average molecular weight is 247 g/mol. The Morgan fingerprint density at radius 2 is 1.78 bits per heavy atom. The first kappa shape index (κ1) is 11.8. The van der Waals surface area contributed by atoms with Crippen molar-refractivity contribution in [3.05, 3.63) is 0 Å². The maximum absolute atomic E-state index is 6.19. The van der Waals surface area contributed by atoms with Gasteiger partial charge in [-0.25, -0.2) is 0 Å². The lowest BCUT2D eigenvalue weighted by Crippen LogP contribution is -2.52. The van der Waals surface area contributed by atoms with Gasteiger partial charge in [0.25, 0.3) is 0 Å². The van der Waals surface area contributed by atoms with Gasteiger partial charge < -0.3 is 5.73 Å². The number of rotatable bonds is 3. The lowest BCUT2D eigenvalue weighted by Gasteiger charge is -2.54. The summed E-state index contributed by atoms with van der Waals surface area (Å²) in [5.74, 6) is 7.17. The molecule has 0 amide bonds. The highest BCUT2D eigenvalue weighted by atomic mass is 14.9. The fourth-order valence-corrected chi connectivity index (χ4v) is 7.43. The maximum Gasteiger partial charge on any atom is -0.00121 e. The van der Waals surface area contributed by atoms with Gasteiger partial charge >= 0.3 is 0 Å². The van der Waals surface area contributed by atoms with E-state index in [-0.39, 0.29) is 0 Å². The topological polar surface area (TPSA) is 26.0 Å². The van der Waals surface area contributed by atoms with Gasteiger partial charge in [0, 0.05) is 0 Å². The van der Waals surface area contributed by atoms with Gasteiger partial charge in [0.2, 0.25) is 0 Å². The molecule has 0 bridgehead atoms. The molecule has 2 N–H and O–H groups in total. The van der Waals surface area contributed by atoms with Gasteiger partial charge in [-0.3, -0.25) is 0 Å². The van der Waals surface area contributed by atoms with Gasteiger partial charge in [0.05, 0.1) is 0 Å². The number of hydrogen-bond acceptors (Lipinski definition) is 1. The molecule has 0 radical (unpaired) electrons. The largest absolute Gasteiger partial charge is 0.330 e. The van der Waals surface area contributed by atoms with Crippen molar-refractivity contribution in [2.75, 3.05) is 6.54 Å². The second kappa shape index (κ2) is 3.16. The van der Waals surface area contributed by atoms with E-state index >= 15 is 0 Å². The third-order valence-corrected chi connectivity index (χ3v) is 8.30. The van der Waals surface area contributed by atoms with Crippen LogP contribution in [-0.4, -0.2) is 6.54 Å². The SMILES string of the molecule is CCCC1C2C(C)C(C)C2C2C1C1(CN)C[C@]21C. The highest BCUT2D eigenvalue weighted by Gasteiger charge is 2.87. The third-order valence-electron chi connectivity index (χ3n) is 8.30. The summed E-state index contributed by atoms with van der Waals surface area (Å²) in [6, 6.07) is 0. The van der Waals surface area contributed by atoms with Crippen molar-refractivity contribution in [2.24, 2.45) is 58.0 Å². The Labute approximate surface area is 112 Å². The van der Waals surface area contributed by atoms with Crippen molar-refractivity contribution >= 4 is 0 Å². The molecule has 4 aliphatic carbocycles. The Morgan fingerprint density at radius 1 is 1.11 bits per heavy atom. The molecule has 0 aromatic carbocycles. The molecule has 0 heterocycles. The summed E-state index contributed by atoms with van der Waals surface area (Å²) in [5.41, 5.74) is 7.44. The zero-order valence-electron chi connectivity index (χ0n) is 12.4. The van der Waals surface area contributed by atoms with Crippen molar-refractivity contribution < 1.29 is 0 Å². The molecule has 0 aromatic heterocycles. The van der Waals surface area contributed by atoms with E-state index in [0.29, 0.717) is 10.8 Å². The number of fused-ring (bicyclic) bond motifs is 6. The van der Waals surface area contributed by atoms with Crippen molar-refractivity contribution in [2.45, 2.75) is 47.0 Å². The van der Waals surface area contributed by atoms with E-state index < -0.39 is 0 Å². The fourth-order valence-electron chi connectivity index (χ4n) is 7.43. The molecule has 4 rings (SSSR count). The second-order valence-corrected chi connectivity index (χ2v) is 8.33. The van der Waals surface area contributed by atoms with Gasteiger partial charge in [-0.1, -0.05) is 40.5 Å². The summed E-state index contributed by atoms with van der Waals surface area (Å²) in [5, 5.41) is 0. The molecular weight excluding hydrogens is 218 g/mol. The minimum absolute atomic E-state index is 0.592. The Morgan fingerprint density at radius 3 is 2.39 bits per heavy atom. The summed E-state index contributed by atoms with van der Waals surface area (Å²) in [6.07, 6.45) is 4.29. The van der Waals surface area contributed by atoms with Crippen molar-refractivity contribution in [1.82, 2.24) is 0 Å². The van der Waals surface area contributed by atoms with E-state index in [2.05, 4.69) is 27.7 Å². The molecule has 102 valence electrons. The van der Waals surface area contributed by atoms with E-state index in [4.69, 9.17) is 5.73 Å². The molecule has 18 heavy (non-hydrogen) atoms. The van der Waals surface area contributed by atoms with Crippen LogP contribution in [0.4, 0.5) is 0 Å². The molecule has 0 aromatic rings. The van der Waals surface area contributed by atoms with Crippen LogP contribution >= 0.6 is 0 Å². The monoisotopic (exact) mass is 247 g/mol. The lowest BCUT2D eigenvalue weighted by atomic mass is 9.51. The first-order valence-corrected chi connectivity index (χ1v) is 8.23. The standard InChI is InChI=1S/C17H29N/c1-5-6-11-12-9(2)10(3)13(12)15-14(11)17(8-18)7-16(15,17)4/h9-15H,5-8,18H2,1-4H3/t9?,10?,11?,12?,13?,14?,15?,16-,17?/m1/s1. The van der Waals surface area contributed by atoms with Crippen molar-refractivity contribution in [3.8, 4) is 0 Å². The van der Waals surface area contributed by atoms with Crippen LogP contribution < -0.4 is 5.73 Å². The lowest BCUT2D eigenvalue weighted by molar-refractivity contribution is -0.0657. The molecule has 1 nitrogen and oxygen atoms in total. The average Bonchev–Trinajstić information content (AvgIpc) is 2.76. The van der Waals surface area contributed by atoms with Gasteiger partial charge in [-0.2, -0.15) is 0 Å². The Bertz CT molecular complexity index is 391. The third kappa shape index (κ3) is 0.901. The Hall–Kier alpha value is -0.0400. The molecule has 0 aliphatic heterocycles. The number of hydrogen-bond donors (Lipinski definition) is 1. The zero-order valence-corrected chi connectivity index (χ0v) is 12.4. The van der Waals surface area contributed by atoms with Crippen LogP contribution in [0.3, 0.4) is 0 Å². The maximum atomic E-state index is 6.19. The molecule has 0 saturated heterocycles. The van der Waals surface area contributed by atoms with E-state index in [1.807, 2.05) is 0 Å². The minimum Gasteiger partial charge on any atom is -0.330 e. The van der Waals surface area contributed by atoms with E-state index in [1.165, 1.54) is 19.3 Å². The summed E-state index contributed by atoms with van der Waals surface area (Å²) < 4.78 is 0. The molecule has 8 unspecified atom stereocenters. The van der Waals surface area contributed by atoms with Crippen molar-refractivity contribution in [1.29, 1.82) is 0 Å². The van der Waals surface area contributed by atoms with Crippen LogP contribution in [0.25, 0.3) is 0 Å². The normalized spacial score (nSPS) is 67.5. The molecule has 4 saturated carbocycles. The highest BCUT2D eigenvalue weighted by Crippen LogP contribution is 2.91. The van der Waals surface area contributed by atoms with Crippen molar-refractivity contribution in [3.63, 3.8) is 0 Å². The van der Waals surface area contributed by atoms with Gasteiger partial charge in [-0.05, 0) is 65.2 Å². The van der Waals surface area contributed by atoms with Crippen LogP contribution in [0.2, 0.25) is 0 Å². The van der Waals surface area contributed by atoms with Crippen LogP contribution in [0.5, 0.6) is 0 Å². The minimum atomic E-state index is 0.592. The number of nitrogens with two attached hydrogens (primary N) is 1. The first-order chi connectivity index (χ1) is 8.53. The van der Waals surface area contributed by atoms with Crippen LogP contribution in [0.15, 0.2) is 0 Å². The molecule has 4 aliphatic rings. The van der Waals surface area contributed by atoms with Gasteiger partial charge in [0.1, 0.15) is 0 Å². The quantitative estimate of drug-likeness (QED) is 0.811. The van der Waals surface area contributed by atoms with Crippen LogP contribution in [0.1, 0.15) is 47.0 Å². The summed E-state index contributed by atoms with van der Waals surface area (Å²) >= 11 is 0. The fraction of sp³-hybridized carbons (Fsp3) is 1.00. The highest BCUT2D eigenvalue weighted by molar-refractivity contribution is 5.35. The Balaban J connectivity index is 1.69.